The lowest BCUT2D eigenvalue weighted by Gasteiger charge is -2.32. The molecule has 0 radical (unpaired) electrons. The van der Waals surface area contributed by atoms with E-state index in [4.69, 9.17) is 4.98 Å². The Balaban J connectivity index is 1.78. The highest BCUT2D eigenvalue weighted by molar-refractivity contribution is 7.09. The molecule has 2 rings (SSSR count). The van der Waals surface area contributed by atoms with Gasteiger partial charge >= 0.3 is 0 Å². The highest BCUT2D eigenvalue weighted by atomic mass is 32.1. The fourth-order valence-corrected chi connectivity index (χ4v) is 3.41. The monoisotopic (exact) mass is 281 g/mol. The van der Waals surface area contributed by atoms with Gasteiger partial charge in [0.2, 0.25) is 0 Å². The molecular weight excluding hydrogens is 254 g/mol. The molecule has 1 saturated heterocycles. The summed E-state index contributed by atoms with van der Waals surface area (Å²) >= 11 is 1.78. The van der Waals surface area contributed by atoms with E-state index in [2.05, 4.69) is 43.4 Å². The normalized spacial score (nSPS) is 21.8. The molecule has 0 amide bonds. The van der Waals surface area contributed by atoms with Gasteiger partial charge in [-0.15, -0.1) is 11.3 Å². The standard InChI is InChI=1S/C15H27N3S/c1-15(2,3)14-17-12(11-19-14)9-16-10-13-7-5-6-8-18(13)4/h11,13,16H,5-10H2,1-4H3. The SMILES string of the molecule is CN1CCCCC1CNCc1csc(C(C)(C)C)n1. The van der Waals surface area contributed by atoms with Crippen molar-refractivity contribution in [1.82, 2.24) is 15.2 Å². The van der Waals surface area contributed by atoms with Gasteiger partial charge in [-0.2, -0.15) is 0 Å². The van der Waals surface area contributed by atoms with Crippen LogP contribution < -0.4 is 5.32 Å². The minimum absolute atomic E-state index is 0.173. The van der Waals surface area contributed by atoms with Gasteiger partial charge in [0.1, 0.15) is 0 Å². The lowest BCUT2D eigenvalue weighted by atomic mass is 9.98. The lowest BCUT2D eigenvalue weighted by molar-refractivity contribution is 0.181. The zero-order valence-corrected chi connectivity index (χ0v) is 13.5. The van der Waals surface area contributed by atoms with Crippen molar-refractivity contribution in [3.05, 3.63) is 16.1 Å². The van der Waals surface area contributed by atoms with E-state index in [0.717, 1.165) is 13.1 Å². The second-order valence-corrected chi connectivity index (χ2v) is 7.51. The number of nitrogens with one attached hydrogen (secondary N) is 1. The Morgan fingerprint density at radius 3 is 2.84 bits per heavy atom. The Labute approximate surface area is 121 Å². The molecule has 1 unspecified atom stereocenters. The zero-order chi connectivity index (χ0) is 13.9. The Hall–Kier alpha value is -0.450. The minimum atomic E-state index is 0.173. The summed E-state index contributed by atoms with van der Waals surface area (Å²) in [6, 6.07) is 0.703. The molecule has 1 aliphatic heterocycles. The molecule has 1 N–H and O–H groups in total. The molecule has 0 spiro atoms. The molecule has 1 aromatic heterocycles. The van der Waals surface area contributed by atoms with E-state index in [9.17, 15) is 0 Å². The van der Waals surface area contributed by atoms with E-state index in [1.54, 1.807) is 11.3 Å². The number of aromatic nitrogens is 1. The summed E-state index contributed by atoms with van der Waals surface area (Å²) in [5, 5.41) is 7.00. The van der Waals surface area contributed by atoms with Gasteiger partial charge in [0.25, 0.3) is 0 Å². The number of likely N-dealkylation sites (tertiary alicyclic amines) is 1. The third-order valence-corrected chi connectivity index (χ3v) is 5.12. The molecule has 3 nitrogen and oxygen atoms in total. The first-order valence-corrected chi connectivity index (χ1v) is 8.20. The molecule has 19 heavy (non-hydrogen) atoms. The number of nitrogens with zero attached hydrogens (tertiary/aromatic N) is 2. The van der Waals surface area contributed by atoms with Crippen molar-refractivity contribution in [2.45, 2.75) is 58.0 Å². The first-order valence-electron chi connectivity index (χ1n) is 7.32. The highest BCUT2D eigenvalue weighted by Gasteiger charge is 2.19. The Kier molecular flexibility index (Phi) is 4.98. The maximum absolute atomic E-state index is 4.73. The van der Waals surface area contributed by atoms with Crippen LogP contribution in [-0.4, -0.2) is 36.1 Å². The Bertz CT molecular complexity index is 394. The van der Waals surface area contributed by atoms with Crippen molar-refractivity contribution in [2.24, 2.45) is 0 Å². The lowest BCUT2D eigenvalue weighted by Crippen LogP contribution is -2.42. The van der Waals surface area contributed by atoms with Crippen LogP contribution in [0, 0.1) is 0 Å². The van der Waals surface area contributed by atoms with Crippen LogP contribution in [0.5, 0.6) is 0 Å². The van der Waals surface area contributed by atoms with Crippen molar-refractivity contribution < 1.29 is 0 Å². The average molecular weight is 281 g/mol. The molecule has 0 aromatic carbocycles. The van der Waals surface area contributed by atoms with E-state index in [1.165, 1.54) is 36.5 Å². The largest absolute Gasteiger partial charge is 0.310 e. The van der Waals surface area contributed by atoms with Crippen molar-refractivity contribution in [3.63, 3.8) is 0 Å². The van der Waals surface area contributed by atoms with Crippen LogP contribution in [0.3, 0.4) is 0 Å². The van der Waals surface area contributed by atoms with E-state index < -0.39 is 0 Å². The molecule has 0 bridgehead atoms. The van der Waals surface area contributed by atoms with Crippen molar-refractivity contribution in [3.8, 4) is 0 Å². The van der Waals surface area contributed by atoms with Crippen LogP contribution >= 0.6 is 11.3 Å². The quantitative estimate of drug-likeness (QED) is 0.919. The molecule has 0 saturated carbocycles. The maximum atomic E-state index is 4.73. The summed E-state index contributed by atoms with van der Waals surface area (Å²) in [7, 11) is 2.24. The smallest absolute Gasteiger partial charge is 0.0982 e. The van der Waals surface area contributed by atoms with Crippen LogP contribution in [0.2, 0.25) is 0 Å². The van der Waals surface area contributed by atoms with E-state index in [1.807, 2.05) is 0 Å². The highest BCUT2D eigenvalue weighted by Crippen LogP contribution is 2.25. The number of hydrogen-bond acceptors (Lipinski definition) is 4. The fourth-order valence-electron chi connectivity index (χ4n) is 2.50. The molecule has 1 fully saturated rings. The van der Waals surface area contributed by atoms with Crippen molar-refractivity contribution in [2.75, 3.05) is 20.1 Å². The fraction of sp³-hybridized carbons (Fsp3) is 0.800. The average Bonchev–Trinajstić information content (AvgIpc) is 2.80. The zero-order valence-electron chi connectivity index (χ0n) is 12.7. The summed E-state index contributed by atoms with van der Waals surface area (Å²) in [6.07, 6.45) is 4.06. The van der Waals surface area contributed by atoms with Crippen molar-refractivity contribution >= 4 is 11.3 Å². The molecular formula is C15H27N3S. The van der Waals surface area contributed by atoms with Gasteiger partial charge in [-0.1, -0.05) is 27.2 Å². The number of likely N-dealkylation sites (N-methyl/N-ethyl adjacent to an activating group) is 1. The number of rotatable bonds is 4. The molecule has 108 valence electrons. The number of hydrogen-bond donors (Lipinski definition) is 1. The second kappa shape index (κ2) is 6.33. The first kappa shape index (κ1) is 14.9. The van der Waals surface area contributed by atoms with E-state index in [-0.39, 0.29) is 5.41 Å². The summed E-state index contributed by atoms with van der Waals surface area (Å²) in [5.41, 5.74) is 1.36. The molecule has 1 aromatic rings. The van der Waals surface area contributed by atoms with Crippen molar-refractivity contribution in [1.29, 1.82) is 0 Å². The van der Waals surface area contributed by atoms with E-state index >= 15 is 0 Å². The summed E-state index contributed by atoms with van der Waals surface area (Å²) in [4.78, 5) is 7.21. The van der Waals surface area contributed by atoms with Gasteiger partial charge in [0.05, 0.1) is 10.7 Å². The Morgan fingerprint density at radius 1 is 1.42 bits per heavy atom. The van der Waals surface area contributed by atoms with Crippen LogP contribution in [-0.2, 0) is 12.0 Å². The molecule has 1 atom stereocenters. The molecule has 4 heteroatoms. The second-order valence-electron chi connectivity index (χ2n) is 6.66. The molecule has 1 aliphatic rings. The van der Waals surface area contributed by atoms with Crippen LogP contribution in [0.4, 0.5) is 0 Å². The summed E-state index contributed by atoms with van der Waals surface area (Å²) < 4.78 is 0. The van der Waals surface area contributed by atoms with Gasteiger partial charge in [-0.3, -0.25) is 0 Å². The third-order valence-electron chi connectivity index (χ3n) is 3.80. The van der Waals surface area contributed by atoms with Crippen LogP contribution in [0.15, 0.2) is 5.38 Å². The molecule has 0 aliphatic carbocycles. The predicted molar refractivity (Wildman–Crippen MR) is 82.8 cm³/mol. The summed E-state index contributed by atoms with van der Waals surface area (Å²) in [5.74, 6) is 0. The minimum Gasteiger partial charge on any atom is -0.310 e. The van der Waals surface area contributed by atoms with Gasteiger partial charge in [-0.25, -0.2) is 4.98 Å². The van der Waals surface area contributed by atoms with Gasteiger partial charge in [-0.05, 0) is 26.4 Å². The van der Waals surface area contributed by atoms with Gasteiger partial charge in [0, 0.05) is 29.9 Å². The van der Waals surface area contributed by atoms with Gasteiger partial charge in [0.15, 0.2) is 0 Å². The number of thiazole rings is 1. The van der Waals surface area contributed by atoms with Gasteiger partial charge < -0.3 is 10.2 Å². The number of piperidine rings is 1. The molecule has 2 heterocycles. The van der Waals surface area contributed by atoms with Crippen LogP contribution in [0.1, 0.15) is 50.7 Å². The summed E-state index contributed by atoms with van der Waals surface area (Å²) in [6.45, 7) is 9.90. The predicted octanol–water partition coefficient (Wildman–Crippen LogP) is 3.01. The third kappa shape index (κ3) is 4.26. The van der Waals surface area contributed by atoms with E-state index in [0.29, 0.717) is 6.04 Å². The van der Waals surface area contributed by atoms with Crippen LogP contribution in [0.25, 0.3) is 0 Å². The maximum Gasteiger partial charge on any atom is 0.0982 e. The topological polar surface area (TPSA) is 28.2 Å². The Morgan fingerprint density at radius 2 is 2.21 bits per heavy atom. The first-order chi connectivity index (χ1) is 8.97.